The van der Waals surface area contributed by atoms with Crippen LogP contribution in [-0.4, -0.2) is 92.4 Å². The van der Waals surface area contributed by atoms with Gasteiger partial charge in [0, 0.05) is 92.4 Å². The Labute approximate surface area is 260 Å². The Kier molecular flexibility index (Phi) is 10.1. The molecule has 1 rings (SSSR count). The van der Waals surface area contributed by atoms with E-state index in [0.29, 0.717) is 0 Å². The van der Waals surface area contributed by atoms with Gasteiger partial charge in [-0.2, -0.15) is 0 Å². The average Bonchev–Trinajstić information content (AvgIpc) is 2.60. The third-order valence-corrected chi connectivity index (χ3v) is 416. The topological polar surface area (TPSA) is 0 Å². The molecule has 0 aromatic carbocycles. The summed E-state index contributed by atoms with van der Waals surface area (Å²) in [7, 11) is -12.5. The molecule has 0 bridgehead atoms. The molecular weight excluding hydrogens is 677 g/mol. The van der Waals surface area contributed by atoms with Crippen molar-refractivity contribution in [3.8, 4) is 0 Å². The molecule has 0 aromatic heterocycles. The normalized spacial score (nSPS) is 29.1. The summed E-state index contributed by atoms with van der Waals surface area (Å²) in [5.74, 6) is 0. The molecule has 0 unspecified atom stereocenters. The molecule has 1 aliphatic heterocycles. The summed E-state index contributed by atoms with van der Waals surface area (Å²) in [4.78, 5) is 0. The second-order valence-electron chi connectivity index (χ2n) is 22.1. The highest BCUT2D eigenvalue weighted by Crippen LogP contribution is 2.64. The Bertz CT molecular complexity index is 893. The van der Waals surface area contributed by atoms with Crippen LogP contribution in [0, 0.1) is 0 Å². The third kappa shape index (κ3) is 4.28. The van der Waals surface area contributed by atoms with Crippen LogP contribution < -0.4 is 0 Å². The Hall–Kier alpha value is 2.82. The van der Waals surface area contributed by atoms with Crippen LogP contribution in [0.5, 0.6) is 0 Å². The first-order chi connectivity index (χ1) is 16.2. The van der Waals surface area contributed by atoms with Gasteiger partial charge in [0.15, 0.2) is 0 Å². The second-order valence-corrected chi connectivity index (χ2v) is 183. The lowest BCUT2D eigenvalue weighted by Crippen LogP contribution is -3.03. The zero-order valence-corrected chi connectivity index (χ0v) is 45.5. The van der Waals surface area contributed by atoms with Crippen LogP contribution in [0.4, 0.5) is 0 Å². The Morgan fingerprint density at radius 3 is 0.718 bits per heavy atom. The molecule has 1 fully saturated rings. The summed E-state index contributed by atoms with van der Waals surface area (Å²) in [5, 5.41) is 0. The molecule has 0 nitrogen and oxygen atoms in total. The molecule has 0 saturated carbocycles. The standard InChI is InChI=1S/C26H78Si13/c1-27(2,3)36(25)33(19,20)39(31(13,14)15,32(16,17)18)35(23,24)37(36,26)34(21,22)38(28(4,5)6,29(7,8)9)30(10,11)12/h1-26H3/t36-,37-/m0/s1. The van der Waals surface area contributed by atoms with E-state index in [9.17, 15) is 0 Å². The molecule has 1 heterocycles. The SMILES string of the molecule is C[Si](C)(C)[Si]([Si](C)(C)C)([Si](C)(C)C)[Si](C)(C)[Si@@]1(C)[Si](C)(C)[Si]([Si](C)(C)C)([Si](C)(C)C)[Si](C)(C)[Si@]1(C)[Si](C)(C)C. The van der Waals surface area contributed by atoms with Gasteiger partial charge in [-0.25, -0.2) is 0 Å². The molecule has 13 heteroatoms. The Morgan fingerprint density at radius 2 is 0.538 bits per heavy atom. The maximum atomic E-state index is 3.35. The predicted molar refractivity (Wildman–Crippen MR) is 227 cm³/mol. The van der Waals surface area contributed by atoms with E-state index < -0.39 is 92.4 Å². The van der Waals surface area contributed by atoms with Crippen molar-refractivity contribution in [1.29, 1.82) is 0 Å². The van der Waals surface area contributed by atoms with Crippen molar-refractivity contribution in [1.82, 2.24) is 0 Å². The first kappa shape index (κ1) is 39.8. The van der Waals surface area contributed by atoms with Gasteiger partial charge in [-0.15, -0.1) is 0 Å². The van der Waals surface area contributed by atoms with Gasteiger partial charge in [-0.05, 0) is 0 Å². The van der Waals surface area contributed by atoms with Gasteiger partial charge in [0.2, 0.25) is 0 Å². The molecule has 234 valence electrons. The molecule has 0 aliphatic carbocycles. The molecule has 1 saturated heterocycles. The predicted octanol–water partition coefficient (Wildman–Crippen LogP) is 10.2. The van der Waals surface area contributed by atoms with E-state index >= 15 is 0 Å². The summed E-state index contributed by atoms with van der Waals surface area (Å²) < 4.78 is 0. The molecule has 0 spiro atoms. The van der Waals surface area contributed by atoms with Gasteiger partial charge in [0.25, 0.3) is 0 Å². The Morgan fingerprint density at radius 1 is 0.308 bits per heavy atom. The van der Waals surface area contributed by atoms with Crippen molar-refractivity contribution in [2.75, 3.05) is 0 Å². The van der Waals surface area contributed by atoms with Gasteiger partial charge in [-0.3, -0.25) is 0 Å². The summed E-state index contributed by atoms with van der Waals surface area (Å²) >= 11 is 0. The monoisotopic (exact) mass is 754 g/mol. The molecule has 39 heavy (non-hydrogen) atoms. The molecule has 2 atom stereocenters. The van der Waals surface area contributed by atoms with E-state index in [1.807, 2.05) is 0 Å². The van der Waals surface area contributed by atoms with Crippen LogP contribution in [0.1, 0.15) is 0 Å². The van der Waals surface area contributed by atoms with Crippen LogP contribution >= 0.6 is 0 Å². The van der Waals surface area contributed by atoms with E-state index in [-0.39, 0.29) is 0 Å². The average molecular weight is 756 g/mol. The van der Waals surface area contributed by atoms with Gasteiger partial charge < -0.3 is 0 Å². The lowest BCUT2D eigenvalue weighted by Gasteiger charge is -2.73. The summed E-state index contributed by atoms with van der Waals surface area (Å²) in [5.41, 5.74) is 0. The quantitative estimate of drug-likeness (QED) is 0.217. The van der Waals surface area contributed by atoms with Gasteiger partial charge >= 0.3 is 0 Å². The Balaban J connectivity index is 4.97. The van der Waals surface area contributed by atoms with E-state index in [0.717, 1.165) is 0 Å². The van der Waals surface area contributed by atoms with Crippen molar-refractivity contribution >= 4 is 92.4 Å². The summed E-state index contributed by atoms with van der Waals surface area (Å²) in [6.07, 6.45) is -2.90. The first-order valence-corrected chi connectivity index (χ1v) is 68.2. The highest BCUT2D eigenvalue weighted by molar-refractivity contribution is 8.41. The summed E-state index contributed by atoms with van der Waals surface area (Å²) in [6.45, 7) is 76.5. The van der Waals surface area contributed by atoms with E-state index in [2.05, 4.69) is 170 Å². The van der Waals surface area contributed by atoms with Crippen molar-refractivity contribution in [2.45, 2.75) is 170 Å². The number of hydrogen-bond acceptors (Lipinski definition) is 0. The minimum absolute atomic E-state index is 1.33. The smallest absolute Gasteiger partial charge is 0.0326 e. The molecule has 0 N–H and O–H groups in total. The molecule has 0 radical (unpaired) electrons. The maximum absolute atomic E-state index is 3.35. The van der Waals surface area contributed by atoms with E-state index in [1.54, 1.807) is 0 Å². The molecule has 0 aromatic rings. The molecule has 0 amide bonds. The van der Waals surface area contributed by atoms with Gasteiger partial charge in [-0.1, -0.05) is 170 Å². The number of rotatable bonds is 8. The lowest BCUT2D eigenvalue weighted by molar-refractivity contribution is 1.73. The minimum atomic E-state index is -1.56. The fourth-order valence-corrected chi connectivity index (χ4v) is 852. The zero-order valence-electron chi connectivity index (χ0n) is 32.5. The zero-order chi connectivity index (χ0) is 32.5. The highest BCUT2D eigenvalue weighted by Gasteiger charge is 2.92. The van der Waals surface area contributed by atoms with Crippen LogP contribution in [0.15, 0.2) is 0 Å². The molecular formula is C26H78Si13. The van der Waals surface area contributed by atoms with Crippen molar-refractivity contribution in [3.05, 3.63) is 0 Å². The fourth-order valence-electron chi connectivity index (χ4n) is 17.3. The van der Waals surface area contributed by atoms with Crippen molar-refractivity contribution < 1.29 is 0 Å². The maximum Gasteiger partial charge on any atom is 0.0326 e. The van der Waals surface area contributed by atoms with E-state index in [4.69, 9.17) is 0 Å². The van der Waals surface area contributed by atoms with Crippen LogP contribution in [0.3, 0.4) is 0 Å². The summed E-state index contributed by atoms with van der Waals surface area (Å²) in [6, 6.07) is 0. The fraction of sp³-hybridized carbons (Fsp3) is 1.00. The number of hydrogen-bond donors (Lipinski definition) is 0. The van der Waals surface area contributed by atoms with Gasteiger partial charge in [0.1, 0.15) is 0 Å². The second kappa shape index (κ2) is 9.91. The van der Waals surface area contributed by atoms with E-state index in [1.165, 1.54) is 0 Å². The lowest BCUT2D eigenvalue weighted by atomic mass is 11.8. The van der Waals surface area contributed by atoms with Crippen LogP contribution in [0.2, 0.25) is 170 Å². The van der Waals surface area contributed by atoms with Crippen molar-refractivity contribution in [3.63, 3.8) is 0 Å². The largest absolute Gasteiger partial charge is 0.0755 e. The van der Waals surface area contributed by atoms with Crippen molar-refractivity contribution in [2.24, 2.45) is 0 Å². The third-order valence-electron chi connectivity index (χ3n) is 14.7. The van der Waals surface area contributed by atoms with Crippen LogP contribution in [0.25, 0.3) is 0 Å². The first-order valence-electron chi connectivity index (χ1n) is 16.2. The minimum Gasteiger partial charge on any atom is -0.0755 e. The molecule has 1 aliphatic rings. The van der Waals surface area contributed by atoms with Crippen LogP contribution in [-0.2, 0) is 0 Å². The highest BCUT2D eigenvalue weighted by atomic mass is 30.6. The van der Waals surface area contributed by atoms with Gasteiger partial charge in [0.05, 0.1) is 0 Å².